The molecule has 1 aliphatic carbocycles. The van der Waals surface area contributed by atoms with Gasteiger partial charge in [0.15, 0.2) is 0 Å². The lowest BCUT2D eigenvalue weighted by Gasteiger charge is -2.22. The molecule has 0 saturated carbocycles. The molecular formula is C59H47N3. The Morgan fingerprint density at radius 3 is 1.77 bits per heavy atom. The van der Waals surface area contributed by atoms with Crippen molar-refractivity contribution in [1.29, 1.82) is 0 Å². The van der Waals surface area contributed by atoms with Gasteiger partial charge in [0.05, 0.1) is 33.1 Å². The number of para-hydroxylation sites is 3. The van der Waals surface area contributed by atoms with Gasteiger partial charge in [-0.15, -0.1) is 0 Å². The standard InChI is InChI=1S/C59H47N3/c1-7-18-40(19-8-2)60-53-25-16-14-23-44(53)47-33-38(27-30-55(47)60)39-28-31-56-48(34-39)50-36-46-43(20-9-3)51(10-4)59(5,6)52(46)37-58(50)62(56)42-29-32-57-49(35-42)45-24-15-17-26-54(45)61(57)41-21-12-11-13-22-41/h7-37H,1,3H2,2,4-6H3/b19-8-,40-18+,43-20-,51-10+. The van der Waals surface area contributed by atoms with Crippen molar-refractivity contribution >= 4 is 76.7 Å². The highest BCUT2D eigenvalue weighted by atomic mass is 15.0. The van der Waals surface area contributed by atoms with Crippen molar-refractivity contribution in [2.45, 2.75) is 33.1 Å². The van der Waals surface area contributed by atoms with Crippen molar-refractivity contribution in [1.82, 2.24) is 13.7 Å². The summed E-state index contributed by atoms with van der Waals surface area (Å²) in [4.78, 5) is 0. The molecule has 0 unspecified atom stereocenters. The number of nitrogens with zero attached hydrogens (tertiary/aromatic N) is 3. The summed E-state index contributed by atoms with van der Waals surface area (Å²) in [6, 6.07) is 54.1. The van der Waals surface area contributed by atoms with Crippen LogP contribution < -0.4 is 0 Å². The second kappa shape index (κ2) is 14.2. The van der Waals surface area contributed by atoms with E-state index in [0.29, 0.717) is 0 Å². The predicted molar refractivity (Wildman–Crippen MR) is 268 cm³/mol. The Bertz CT molecular complexity index is 3640. The Balaban J connectivity index is 1.18. The van der Waals surface area contributed by atoms with E-state index in [9.17, 15) is 0 Å². The van der Waals surface area contributed by atoms with Crippen LogP contribution in [0.15, 0.2) is 207 Å². The molecule has 3 heteroatoms. The SMILES string of the molecule is C=C/C=C1\C(=C/C)C(C)(C)c2cc3c(cc21)c1cc(-c2ccc4c(c2)c2ccccc2n4C(/C=C\C)=C/C=C)ccc1n3-c1ccc2c(c1)c1ccccc1n2-c1ccccc1. The van der Waals surface area contributed by atoms with Crippen LogP contribution in [0.25, 0.3) is 99.2 Å². The third kappa shape index (κ3) is 5.38. The third-order valence-electron chi connectivity index (χ3n) is 13.2. The molecule has 1 aliphatic rings. The third-order valence-corrected chi connectivity index (χ3v) is 13.2. The van der Waals surface area contributed by atoms with Crippen LogP contribution in [0.2, 0.25) is 0 Å². The molecular weight excluding hydrogens is 751 g/mol. The van der Waals surface area contributed by atoms with Crippen molar-refractivity contribution in [3.05, 3.63) is 218 Å². The van der Waals surface area contributed by atoms with Crippen LogP contribution >= 0.6 is 0 Å². The van der Waals surface area contributed by atoms with E-state index < -0.39 is 0 Å². The first-order valence-electron chi connectivity index (χ1n) is 21.6. The monoisotopic (exact) mass is 797 g/mol. The fourth-order valence-corrected chi connectivity index (χ4v) is 10.6. The van der Waals surface area contributed by atoms with Crippen molar-refractivity contribution in [3.8, 4) is 22.5 Å². The summed E-state index contributed by atoms with van der Waals surface area (Å²) in [6.45, 7) is 17.1. The highest BCUT2D eigenvalue weighted by Crippen LogP contribution is 2.52. The van der Waals surface area contributed by atoms with Gasteiger partial charge >= 0.3 is 0 Å². The minimum Gasteiger partial charge on any atom is -0.309 e. The van der Waals surface area contributed by atoms with Gasteiger partial charge in [0.25, 0.3) is 0 Å². The second-order valence-corrected chi connectivity index (χ2v) is 16.9. The fourth-order valence-electron chi connectivity index (χ4n) is 10.6. The predicted octanol–water partition coefficient (Wildman–Crippen LogP) is 16.1. The first-order valence-corrected chi connectivity index (χ1v) is 21.6. The molecule has 3 nitrogen and oxygen atoms in total. The van der Waals surface area contributed by atoms with E-state index in [2.05, 4.69) is 231 Å². The molecule has 0 spiro atoms. The van der Waals surface area contributed by atoms with Gasteiger partial charge in [-0.2, -0.15) is 0 Å². The van der Waals surface area contributed by atoms with Gasteiger partial charge in [-0.25, -0.2) is 0 Å². The van der Waals surface area contributed by atoms with Gasteiger partial charge in [0.1, 0.15) is 0 Å². The van der Waals surface area contributed by atoms with Gasteiger partial charge in [0.2, 0.25) is 0 Å². The van der Waals surface area contributed by atoms with E-state index in [-0.39, 0.29) is 5.41 Å². The number of hydrogen-bond donors (Lipinski definition) is 0. The summed E-state index contributed by atoms with van der Waals surface area (Å²) in [7, 11) is 0. The number of benzene rings is 7. The largest absolute Gasteiger partial charge is 0.309 e. The van der Waals surface area contributed by atoms with E-state index >= 15 is 0 Å². The maximum absolute atomic E-state index is 4.13. The maximum Gasteiger partial charge on any atom is 0.0544 e. The van der Waals surface area contributed by atoms with E-state index in [1.165, 1.54) is 98.8 Å². The highest BCUT2D eigenvalue weighted by Gasteiger charge is 2.38. The molecule has 0 N–H and O–H groups in total. The Kier molecular flexibility index (Phi) is 8.59. The van der Waals surface area contributed by atoms with Gasteiger partial charge in [0, 0.05) is 54.8 Å². The van der Waals surface area contributed by atoms with Crippen molar-refractivity contribution in [3.63, 3.8) is 0 Å². The molecule has 0 saturated heterocycles. The number of hydrogen-bond acceptors (Lipinski definition) is 0. The average Bonchev–Trinajstić information content (AvgIpc) is 3.98. The molecule has 0 radical (unpaired) electrons. The fraction of sp³-hybridized carbons (Fsp3) is 0.0847. The van der Waals surface area contributed by atoms with Crippen LogP contribution in [0.3, 0.4) is 0 Å². The molecule has 3 aromatic heterocycles. The molecule has 11 rings (SSSR count). The molecule has 10 aromatic rings. The molecule has 0 amide bonds. The Morgan fingerprint density at radius 2 is 1.08 bits per heavy atom. The topological polar surface area (TPSA) is 14.8 Å². The molecule has 0 atom stereocenters. The molecule has 0 bridgehead atoms. The Hall–Kier alpha value is -7.62. The zero-order valence-corrected chi connectivity index (χ0v) is 35.7. The molecule has 0 aliphatic heterocycles. The van der Waals surface area contributed by atoms with Gasteiger partial charge in [-0.1, -0.05) is 124 Å². The van der Waals surface area contributed by atoms with Crippen LogP contribution in [0.5, 0.6) is 0 Å². The summed E-state index contributed by atoms with van der Waals surface area (Å²) in [5, 5.41) is 7.38. The van der Waals surface area contributed by atoms with Crippen LogP contribution in [-0.2, 0) is 5.41 Å². The summed E-state index contributed by atoms with van der Waals surface area (Å²) in [6.07, 6.45) is 14.6. The second-order valence-electron chi connectivity index (χ2n) is 16.9. The van der Waals surface area contributed by atoms with Gasteiger partial charge in [-0.3, -0.25) is 0 Å². The smallest absolute Gasteiger partial charge is 0.0544 e. The zero-order valence-electron chi connectivity index (χ0n) is 35.7. The van der Waals surface area contributed by atoms with Crippen LogP contribution in [0.1, 0.15) is 38.8 Å². The number of allylic oxidation sites excluding steroid dienone is 10. The van der Waals surface area contributed by atoms with Crippen LogP contribution in [0.4, 0.5) is 0 Å². The lowest BCUT2D eigenvalue weighted by atomic mass is 9.82. The minimum atomic E-state index is -0.172. The number of aromatic nitrogens is 3. The first kappa shape index (κ1) is 37.4. The zero-order chi connectivity index (χ0) is 42.3. The quantitative estimate of drug-likeness (QED) is 0.143. The van der Waals surface area contributed by atoms with Crippen molar-refractivity contribution < 1.29 is 0 Å². The van der Waals surface area contributed by atoms with Crippen molar-refractivity contribution in [2.24, 2.45) is 0 Å². The molecule has 7 aromatic carbocycles. The van der Waals surface area contributed by atoms with Gasteiger partial charge < -0.3 is 13.7 Å². The summed E-state index contributed by atoms with van der Waals surface area (Å²) in [5.74, 6) is 0. The Morgan fingerprint density at radius 1 is 0.516 bits per heavy atom. The lowest BCUT2D eigenvalue weighted by molar-refractivity contribution is 0.660. The molecule has 298 valence electrons. The summed E-state index contributed by atoms with van der Waals surface area (Å²) in [5.41, 5.74) is 17.9. The number of rotatable bonds is 7. The molecule has 62 heavy (non-hydrogen) atoms. The van der Waals surface area contributed by atoms with E-state index in [4.69, 9.17) is 0 Å². The van der Waals surface area contributed by atoms with Crippen molar-refractivity contribution in [2.75, 3.05) is 0 Å². The summed E-state index contributed by atoms with van der Waals surface area (Å²) >= 11 is 0. The maximum atomic E-state index is 4.13. The summed E-state index contributed by atoms with van der Waals surface area (Å²) < 4.78 is 7.23. The number of fused-ring (bicyclic) bond motifs is 10. The Labute approximate surface area is 362 Å². The lowest BCUT2D eigenvalue weighted by Crippen LogP contribution is -2.15. The van der Waals surface area contributed by atoms with E-state index in [1.807, 2.05) is 12.2 Å². The molecule has 0 fully saturated rings. The first-order chi connectivity index (χ1) is 30.4. The van der Waals surface area contributed by atoms with E-state index in [1.54, 1.807) is 0 Å². The highest BCUT2D eigenvalue weighted by molar-refractivity contribution is 6.15. The normalized spacial score (nSPS) is 15.5. The average molecular weight is 798 g/mol. The van der Waals surface area contributed by atoms with Crippen LogP contribution in [-0.4, -0.2) is 13.7 Å². The minimum absolute atomic E-state index is 0.172. The van der Waals surface area contributed by atoms with E-state index in [0.717, 1.165) is 17.1 Å². The molecule has 3 heterocycles. The van der Waals surface area contributed by atoms with Gasteiger partial charge in [-0.05, 0) is 138 Å². The van der Waals surface area contributed by atoms with Crippen LogP contribution in [0, 0.1) is 0 Å².